The lowest BCUT2D eigenvalue weighted by Crippen LogP contribution is -2.39. The number of nitrogen functional groups attached to an aromatic ring is 1. The van der Waals surface area contributed by atoms with Gasteiger partial charge in [0.25, 0.3) is 5.91 Å². The quantitative estimate of drug-likeness (QED) is 0.917. The zero-order valence-electron chi connectivity index (χ0n) is 10.8. The summed E-state index contributed by atoms with van der Waals surface area (Å²) >= 11 is 0. The number of carbonyl (C=O) groups excluding carboxylic acids is 1. The van der Waals surface area contributed by atoms with Crippen LogP contribution in [-0.4, -0.2) is 35.1 Å². The summed E-state index contributed by atoms with van der Waals surface area (Å²) < 4.78 is 37.3. The number of alkyl halides is 3. The van der Waals surface area contributed by atoms with Gasteiger partial charge in [-0.05, 0) is 25.5 Å². The predicted octanol–water partition coefficient (Wildman–Crippen LogP) is 2.39. The molecule has 0 aliphatic rings. The fraction of sp³-hybridized carbons (Fsp3) is 0.500. The summed E-state index contributed by atoms with van der Waals surface area (Å²) in [6, 6.07) is 2.71. The van der Waals surface area contributed by atoms with E-state index in [0.717, 1.165) is 4.90 Å². The van der Waals surface area contributed by atoms with Gasteiger partial charge in [-0.2, -0.15) is 13.2 Å². The lowest BCUT2D eigenvalue weighted by molar-refractivity contribution is -0.140. The number of carbonyl (C=O) groups is 1. The van der Waals surface area contributed by atoms with Crippen LogP contribution in [-0.2, 0) is 0 Å². The van der Waals surface area contributed by atoms with Gasteiger partial charge in [-0.25, -0.2) is 4.98 Å². The van der Waals surface area contributed by atoms with Gasteiger partial charge >= 0.3 is 6.18 Å². The molecular formula is C12H16F3N3O. The second-order valence-electron chi connectivity index (χ2n) is 4.26. The Hall–Kier alpha value is -1.79. The number of aryl methyl sites for hydroxylation is 1. The van der Waals surface area contributed by atoms with E-state index in [4.69, 9.17) is 5.73 Å². The molecule has 1 aromatic heterocycles. The van der Waals surface area contributed by atoms with Crippen LogP contribution in [0.25, 0.3) is 0 Å². The second-order valence-corrected chi connectivity index (χ2v) is 4.26. The zero-order valence-corrected chi connectivity index (χ0v) is 10.8. The zero-order chi connectivity index (χ0) is 14.6. The van der Waals surface area contributed by atoms with E-state index < -0.39 is 18.6 Å². The Kier molecular flexibility index (Phi) is 4.74. The number of nitrogens with zero attached hydrogens (tertiary/aromatic N) is 2. The van der Waals surface area contributed by atoms with Crippen molar-refractivity contribution in [2.75, 3.05) is 18.8 Å². The van der Waals surface area contributed by atoms with Crippen molar-refractivity contribution in [1.82, 2.24) is 9.88 Å². The van der Waals surface area contributed by atoms with E-state index in [1.54, 1.807) is 13.8 Å². The summed E-state index contributed by atoms with van der Waals surface area (Å²) in [6.07, 6.45) is -3.97. The lowest BCUT2D eigenvalue weighted by Gasteiger charge is -2.23. The predicted molar refractivity (Wildman–Crippen MR) is 65.6 cm³/mol. The number of hydrogen-bond donors (Lipinski definition) is 1. The van der Waals surface area contributed by atoms with Crippen molar-refractivity contribution in [1.29, 1.82) is 0 Å². The molecule has 0 bridgehead atoms. The summed E-state index contributed by atoms with van der Waals surface area (Å²) in [4.78, 5) is 16.7. The molecule has 0 radical (unpaired) electrons. The van der Waals surface area contributed by atoms with Crippen LogP contribution in [0.2, 0.25) is 0 Å². The minimum absolute atomic E-state index is 0.0413. The molecule has 1 heterocycles. The minimum Gasteiger partial charge on any atom is -0.384 e. The highest BCUT2D eigenvalue weighted by Gasteiger charge is 2.33. The van der Waals surface area contributed by atoms with E-state index in [1.165, 1.54) is 12.1 Å². The van der Waals surface area contributed by atoms with Gasteiger partial charge in [0.15, 0.2) is 0 Å². The fourth-order valence-corrected chi connectivity index (χ4v) is 1.74. The first kappa shape index (κ1) is 15.3. The van der Waals surface area contributed by atoms with E-state index in [-0.39, 0.29) is 17.9 Å². The van der Waals surface area contributed by atoms with Gasteiger partial charge in [0, 0.05) is 17.8 Å². The summed E-state index contributed by atoms with van der Waals surface area (Å²) in [5, 5.41) is 0. The molecule has 0 atom stereocenters. The first-order valence-electron chi connectivity index (χ1n) is 5.83. The number of nitrogens with two attached hydrogens (primary N) is 1. The van der Waals surface area contributed by atoms with Crippen LogP contribution in [0, 0.1) is 6.92 Å². The van der Waals surface area contributed by atoms with E-state index in [9.17, 15) is 18.0 Å². The van der Waals surface area contributed by atoms with Crippen molar-refractivity contribution in [3.8, 4) is 0 Å². The van der Waals surface area contributed by atoms with Crippen molar-refractivity contribution in [3.63, 3.8) is 0 Å². The van der Waals surface area contributed by atoms with Gasteiger partial charge in [0.1, 0.15) is 12.4 Å². The molecule has 7 heteroatoms. The van der Waals surface area contributed by atoms with Gasteiger partial charge in [-0.1, -0.05) is 6.92 Å². The van der Waals surface area contributed by atoms with Crippen molar-refractivity contribution in [2.45, 2.75) is 26.4 Å². The van der Waals surface area contributed by atoms with Gasteiger partial charge in [0.2, 0.25) is 0 Å². The Labute approximate surface area is 109 Å². The van der Waals surface area contributed by atoms with Crippen LogP contribution >= 0.6 is 0 Å². The fourth-order valence-electron chi connectivity index (χ4n) is 1.74. The topological polar surface area (TPSA) is 59.2 Å². The van der Waals surface area contributed by atoms with E-state index in [1.807, 2.05) is 0 Å². The Morgan fingerprint density at radius 2 is 2.05 bits per heavy atom. The van der Waals surface area contributed by atoms with Gasteiger partial charge in [-0.3, -0.25) is 4.79 Å². The molecule has 1 aromatic rings. The third kappa shape index (κ3) is 4.76. The molecule has 2 N–H and O–H groups in total. The highest BCUT2D eigenvalue weighted by Crippen LogP contribution is 2.19. The number of halogens is 3. The average molecular weight is 275 g/mol. The highest BCUT2D eigenvalue weighted by atomic mass is 19.4. The molecule has 0 saturated heterocycles. The Balaban J connectivity index is 2.98. The van der Waals surface area contributed by atoms with E-state index in [0.29, 0.717) is 12.1 Å². The lowest BCUT2D eigenvalue weighted by atomic mass is 10.2. The standard InChI is InChI=1S/C12H16F3N3O/c1-3-4-18(7-12(13,14)15)11(19)9-5-8(2)17-10(16)6-9/h5-6H,3-4,7H2,1-2H3,(H2,16,17). The summed E-state index contributed by atoms with van der Waals surface area (Å²) in [7, 11) is 0. The monoisotopic (exact) mass is 275 g/mol. The van der Waals surface area contributed by atoms with Crippen molar-refractivity contribution in [2.24, 2.45) is 0 Å². The van der Waals surface area contributed by atoms with Crippen LogP contribution in [0.4, 0.5) is 19.0 Å². The van der Waals surface area contributed by atoms with Crippen LogP contribution < -0.4 is 5.73 Å². The molecular weight excluding hydrogens is 259 g/mol. The molecule has 0 aliphatic carbocycles. The van der Waals surface area contributed by atoms with Crippen LogP contribution in [0.3, 0.4) is 0 Å². The molecule has 19 heavy (non-hydrogen) atoms. The molecule has 0 saturated carbocycles. The minimum atomic E-state index is -4.42. The molecule has 1 amide bonds. The maximum absolute atomic E-state index is 12.4. The van der Waals surface area contributed by atoms with E-state index >= 15 is 0 Å². The number of aromatic nitrogens is 1. The molecule has 106 valence electrons. The number of hydrogen-bond acceptors (Lipinski definition) is 3. The SMILES string of the molecule is CCCN(CC(F)(F)F)C(=O)c1cc(C)nc(N)c1. The Bertz CT molecular complexity index is 440. The largest absolute Gasteiger partial charge is 0.406 e. The third-order valence-corrected chi connectivity index (χ3v) is 2.37. The molecule has 4 nitrogen and oxygen atoms in total. The molecule has 0 unspecified atom stereocenters. The van der Waals surface area contributed by atoms with Gasteiger partial charge in [0.05, 0.1) is 0 Å². The van der Waals surface area contributed by atoms with E-state index in [2.05, 4.69) is 4.98 Å². The summed E-state index contributed by atoms with van der Waals surface area (Å²) in [6.45, 7) is 2.12. The molecule has 1 rings (SSSR count). The highest BCUT2D eigenvalue weighted by molar-refractivity contribution is 5.95. The second kappa shape index (κ2) is 5.90. The first-order valence-corrected chi connectivity index (χ1v) is 5.83. The van der Waals surface area contributed by atoms with Crippen molar-refractivity contribution in [3.05, 3.63) is 23.4 Å². The molecule has 0 aliphatic heterocycles. The van der Waals surface area contributed by atoms with Crippen molar-refractivity contribution >= 4 is 11.7 Å². The Morgan fingerprint density at radius 1 is 1.42 bits per heavy atom. The van der Waals surface area contributed by atoms with Crippen LogP contribution in [0.5, 0.6) is 0 Å². The van der Waals surface area contributed by atoms with Gasteiger partial charge < -0.3 is 10.6 Å². The maximum Gasteiger partial charge on any atom is 0.406 e. The smallest absolute Gasteiger partial charge is 0.384 e. The first-order chi connectivity index (χ1) is 8.73. The van der Waals surface area contributed by atoms with Crippen LogP contribution in [0.15, 0.2) is 12.1 Å². The maximum atomic E-state index is 12.4. The van der Waals surface area contributed by atoms with Crippen molar-refractivity contribution < 1.29 is 18.0 Å². The Morgan fingerprint density at radius 3 is 2.53 bits per heavy atom. The molecule has 0 fully saturated rings. The average Bonchev–Trinajstić information content (AvgIpc) is 2.24. The molecule has 0 aromatic carbocycles. The normalized spacial score (nSPS) is 11.4. The third-order valence-electron chi connectivity index (χ3n) is 2.37. The number of anilines is 1. The number of pyridine rings is 1. The summed E-state index contributed by atoms with van der Waals surface area (Å²) in [5.74, 6) is -0.566. The van der Waals surface area contributed by atoms with Crippen LogP contribution in [0.1, 0.15) is 29.4 Å². The number of rotatable bonds is 4. The van der Waals surface area contributed by atoms with Gasteiger partial charge in [-0.15, -0.1) is 0 Å². The summed E-state index contributed by atoms with van der Waals surface area (Å²) in [5.41, 5.74) is 6.11. The molecule has 0 spiro atoms. The number of amides is 1.